The van der Waals surface area contributed by atoms with Crippen LogP contribution in [-0.4, -0.2) is 16.1 Å². The molecule has 1 rings (SSSR count). The highest BCUT2D eigenvalue weighted by molar-refractivity contribution is 4.99. The van der Waals surface area contributed by atoms with Crippen molar-refractivity contribution in [2.24, 2.45) is 7.05 Å². The van der Waals surface area contributed by atoms with Gasteiger partial charge in [-0.3, -0.25) is 0 Å². The molecule has 0 fully saturated rings. The predicted molar refractivity (Wildman–Crippen MR) is 66.9 cm³/mol. The van der Waals surface area contributed by atoms with Crippen LogP contribution in [0.5, 0.6) is 0 Å². The number of hydrogen-bond donors (Lipinski definition) is 1. The van der Waals surface area contributed by atoms with Gasteiger partial charge in [-0.05, 0) is 25.8 Å². The fourth-order valence-corrected chi connectivity index (χ4v) is 1.76. The standard InChI is InChI=1S/C13H21N3/c1-4-6-7-8-12(14-9-5-2)13-15-10-11-16(13)3/h1,10-12,14H,5-9H2,2-3H3. The summed E-state index contributed by atoms with van der Waals surface area (Å²) >= 11 is 0. The highest BCUT2D eigenvalue weighted by atomic mass is 15.1. The lowest BCUT2D eigenvalue weighted by Crippen LogP contribution is -2.24. The maximum atomic E-state index is 5.27. The molecule has 0 aliphatic heterocycles. The molecule has 0 spiro atoms. The van der Waals surface area contributed by atoms with Crippen molar-refractivity contribution in [2.45, 2.75) is 38.6 Å². The van der Waals surface area contributed by atoms with Gasteiger partial charge >= 0.3 is 0 Å². The minimum absolute atomic E-state index is 0.327. The van der Waals surface area contributed by atoms with Crippen LogP contribution in [-0.2, 0) is 7.05 Å². The Labute approximate surface area is 98.3 Å². The van der Waals surface area contributed by atoms with Crippen LogP contribution in [0.2, 0.25) is 0 Å². The molecule has 1 N–H and O–H groups in total. The molecule has 0 bridgehead atoms. The molecule has 0 aliphatic carbocycles. The van der Waals surface area contributed by atoms with E-state index in [4.69, 9.17) is 6.42 Å². The number of nitrogens with zero attached hydrogens (tertiary/aromatic N) is 2. The first-order valence-corrected chi connectivity index (χ1v) is 5.93. The number of hydrogen-bond acceptors (Lipinski definition) is 2. The van der Waals surface area contributed by atoms with Crippen molar-refractivity contribution in [3.63, 3.8) is 0 Å². The molecule has 1 unspecified atom stereocenters. The average Bonchev–Trinajstić information content (AvgIpc) is 2.70. The fourth-order valence-electron chi connectivity index (χ4n) is 1.76. The second-order valence-corrected chi connectivity index (χ2v) is 4.00. The van der Waals surface area contributed by atoms with Crippen molar-refractivity contribution in [3.8, 4) is 12.3 Å². The summed E-state index contributed by atoms with van der Waals surface area (Å²) in [5, 5.41) is 3.52. The molecule has 0 aliphatic rings. The Hall–Kier alpha value is -1.27. The zero-order valence-corrected chi connectivity index (χ0v) is 10.2. The minimum Gasteiger partial charge on any atom is -0.337 e. The van der Waals surface area contributed by atoms with E-state index in [2.05, 4.69) is 27.7 Å². The first-order chi connectivity index (χ1) is 7.79. The van der Waals surface area contributed by atoms with E-state index in [1.807, 2.05) is 19.4 Å². The second-order valence-electron chi connectivity index (χ2n) is 4.00. The summed E-state index contributed by atoms with van der Waals surface area (Å²) in [4.78, 5) is 4.40. The van der Waals surface area contributed by atoms with Gasteiger partial charge in [-0.25, -0.2) is 4.98 Å². The maximum Gasteiger partial charge on any atom is 0.125 e. The Bertz CT molecular complexity index is 335. The lowest BCUT2D eigenvalue weighted by molar-refractivity contribution is 0.456. The van der Waals surface area contributed by atoms with E-state index in [1.54, 1.807) is 0 Å². The Balaban J connectivity index is 2.57. The van der Waals surface area contributed by atoms with E-state index in [9.17, 15) is 0 Å². The van der Waals surface area contributed by atoms with E-state index in [-0.39, 0.29) is 0 Å². The second kappa shape index (κ2) is 7.08. The van der Waals surface area contributed by atoms with Crippen molar-refractivity contribution in [1.29, 1.82) is 0 Å². The summed E-state index contributed by atoms with van der Waals surface area (Å²) in [7, 11) is 2.03. The minimum atomic E-state index is 0.327. The van der Waals surface area contributed by atoms with Crippen molar-refractivity contribution >= 4 is 0 Å². The Morgan fingerprint density at radius 2 is 2.44 bits per heavy atom. The molecule has 88 valence electrons. The molecule has 3 heteroatoms. The molecule has 1 aromatic heterocycles. The van der Waals surface area contributed by atoms with Gasteiger partial charge in [0.15, 0.2) is 0 Å². The smallest absolute Gasteiger partial charge is 0.125 e. The number of nitrogens with one attached hydrogen (secondary N) is 1. The highest BCUT2D eigenvalue weighted by Gasteiger charge is 2.13. The molecule has 1 aromatic rings. The molecule has 0 saturated carbocycles. The van der Waals surface area contributed by atoms with Crippen molar-refractivity contribution in [2.75, 3.05) is 6.54 Å². The third-order valence-corrected chi connectivity index (χ3v) is 2.62. The molecule has 0 aromatic carbocycles. The predicted octanol–water partition coefficient (Wildman–Crippen LogP) is 2.26. The van der Waals surface area contributed by atoms with Gasteiger partial charge in [0.25, 0.3) is 0 Å². The maximum absolute atomic E-state index is 5.27. The quantitative estimate of drug-likeness (QED) is 0.563. The van der Waals surface area contributed by atoms with Crippen LogP contribution in [0.25, 0.3) is 0 Å². The van der Waals surface area contributed by atoms with Crippen LogP contribution >= 0.6 is 0 Å². The van der Waals surface area contributed by atoms with Crippen molar-refractivity contribution in [1.82, 2.24) is 14.9 Å². The van der Waals surface area contributed by atoms with Gasteiger partial charge < -0.3 is 9.88 Å². The zero-order chi connectivity index (χ0) is 11.8. The Kier molecular flexibility index (Phi) is 5.66. The van der Waals surface area contributed by atoms with Gasteiger partial charge in [0.1, 0.15) is 5.82 Å². The average molecular weight is 219 g/mol. The fraction of sp³-hybridized carbons (Fsp3) is 0.615. The van der Waals surface area contributed by atoms with E-state index >= 15 is 0 Å². The van der Waals surface area contributed by atoms with E-state index < -0.39 is 0 Å². The number of imidazole rings is 1. The van der Waals surface area contributed by atoms with Gasteiger partial charge in [0.05, 0.1) is 6.04 Å². The summed E-state index contributed by atoms with van der Waals surface area (Å²) < 4.78 is 2.07. The van der Waals surface area contributed by atoms with Gasteiger partial charge in [-0.15, -0.1) is 12.3 Å². The molecule has 0 saturated heterocycles. The van der Waals surface area contributed by atoms with Crippen LogP contribution in [0.15, 0.2) is 12.4 Å². The van der Waals surface area contributed by atoms with Crippen LogP contribution in [0.3, 0.4) is 0 Å². The summed E-state index contributed by atoms with van der Waals surface area (Å²) in [6.45, 7) is 3.19. The van der Waals surface area contributed by atoms with Crippen LogP contribution in [0.4, 0.5) is 0 Å². The lowest BCUT2D eigenvalue weighted by atomic mass is 10.1. The third-order valence-electron chi connectivity index (χ3n) is 2.62. The molecule has 16 heavy (non-hydrogen) atoms. The molecule has 0 radical (unpaired) electrons. The number of aromatic nitrogens is 2. The number of aryl methyl sites for hydroxylation is 1. The number of unbranched alkanes of at least 4 members (excludes halogenated alkanes) is 1. The van der Waals surface area contributed by atoms with E-state index in [0.717, 1.165) is 38.1 Å². The molecule has 3 nitrogen and oxygen atoms in total. The summed E-state index contributed by atoms with van der Waals surface area (Å²) in [5.74, 6) is 3.79. The summed E-state index contributed by atoms with van der Waals surface area (Å²) in [6, 6.07) is 0.327. The van der Waals surface area contributed by atoms with Gasteiger partial charge in [0.2, 0.25) is 0 Å². The lowest BCUT2D eigenvalue weighted by Gasteiger charge is -2.17. The van der Waals surface area contributed by atoms with Crippen LogP contribution in [0, 0.1) is 12.3 Å². The van der Waals surface area contributed by atoms with E-state index in [0.29, 0.717) is 6.04 Å². The summed E-state index contributed by atoms with van der Waals surface area (Å²) in [5.41, 5.74) is 0. The molecule has 0 amide bonds. The SMILES string of the molecule is C#CCCCC(NCCC)c1nccn1C. The van der Waals surface area contributed by atoms with Crippen LogP contribution in [0.1, 0.15) is 44.5 Å². The van der Waals surface area contributed by atoms with Gasteiger partial charge in [0, 0.05) is 25.9 Å². The third kappa shape index (κ3) is 3.71. The zero-order valence-electron chi connectivity index (χ0n) is 10.2. The molecular formula is C13H21N3. The van der Waals surface area contributed by atoms with Gasteiger partial charge in [-0.2, -0.15) is 0 Å². The topological polar surface area (TPSA) is 29.9 Å². The first-order valence-electron chi connectivity index (χ1n) is 5.93. The van der Waals surface area contributed by atoms with Crippen molar-refractivity contribution < 1.29 is 0 Å². The van der Waals surface area contributed by atoms with Gasteiger partial charge in [-0.1, -0.05) is 6.92 Å². The summed E-state index contributed by atoms with van der Waals surface area (Å²) in [6.07, 6.45) is 13.2. The largest absolute Gasteiger partial charge is 0.337 e. The Morgan fingerprint density at radius 1 is 1.62 bits per heavy atom. The Morgan fingerprint density at radius 3 is 3.00 bits per heavy atom. The van der Waals surface area contributed by atoms with Crippen LogP contribution < -0.4 is 5.32 Å². The van der Waals surface area contributed by atoms with E-state index in [1.165, 1.54) is 0 Å². The molecular weight excluding hydrogens is 198 g/mol. The highest BCUT2D eigenvalue weighted by Crippen LogP contribution is 2.17. The molecule has 1 atom stereocenters. The van der Waals surface area contributed by atoms with Crippen molar-refractivity contribution in [3.05, 3.63) is 18.2 Å². The normalized spacial score (nSPS) is 12.3. The monoisotopic (exact) mass is 219 g/mol. The first kappa shape index (κ1) is 12.8. The number of terminal acetylenes is 1. The molecule has 1 heterocycles. The number of rotatable bonds is 7.